The fraction of sp³-hybridized carbons (Fsp3) is 0.878. The quantitative estimate of drug-likeness (QED) is 0.170. The van der Waals surface area contributed by atoms with Crippen LogP contribution in [-0.4, -0.2) is 87.0 Å². The van der Waals surface area contributed by atoms with Crippen LogP contribution in [0.3, 0.4) is 0 Å². The van der Waals surface area contributed by atoms with Crippen molar-refractivity contribution in [3.05, 3.63) is 30.3 Å². The van der Waals surface area contributed by atoms with Gasteiger partial charge in [-0.2, -0.15) is 0 Å². The second-order valence-electron chi connectivity index (χ2n) is 21.5. The highest BCUT2D eigenvalue weighted by atomic mass is 32.2. The standard InChI is InChI=1S/C49H82O7SSi/c1-28(2)58(29(3)4,30(5)6)56-44-25-41-42(54-48(44,14)33(9)20-21-57-38-18-16-15-17-19-38)23-31(7)22-39-40(51-41)24-43-45(52-39)34(10)35(11)47-46(53-43)36(12)37(13)49(55-47)26-32(8)27-50-49/h15-19,28-37,39-47H,20-27H2,1-14H3/t31-,32+,33-,34+,35+,36+,37+,39+,40-,41+,42-,43+,44+,45-,46-,47+,48+,49-/m1/s1. The lowest BCUT2D eigenvalue weighted by Gasteiger charge is -2.57. The first kappa shape index (κ1) is 45.5. The van der Waals surface area contributed by atoms with E-state index in [0.29, 0.717) is 40.3 Å². The van der Waals surface area contributed by atoms with Gasteiger partial charge in [0, 0.05) is 30.1 Å². The van der Waals surface area contributed by atoms with Crippen molar-refractivity contribution in [2.45, 2.75) is 223 Å². The Hall–Kier alpha value is -0.493. The number of benzene rings is 1. The average Bonchev–Trinajstić information content (AvgIpc) is 3.51. The van der Waals surface area contributed by atoms with E-state index < -0.39 is 19.7 Å². The second kappa shape index (κ2) is 17.9. The minimum Gasteiger partial charge on any atom is -0.410 e. The van der Waals surface area contributed by atoms with Crippen LogP contribution in [0.25, 0.3) is 0 Å². The highest BCUT2D eigenvalue weighted by Crippen LogP contribution is 2.54. The van der Waals surface area contributed by atoms with Crippen LogP contribution >= 0.6 is 11.8 Å². The second-order valence-corrected chi connectivity index (χ2v) is 28.1. The van der Waals surface area contributed by atoms with Crippen LogP contribution in [0.1, 0.15) is 135 Å². The van der Waals surface area contributed by atoms with Gasteiger partial charge in [0.05, 0.1) is 67.1 Å². The molecule has 9 heteroatoms. The van der Waals surface area contributed by atoms with Crippen molar-refractivity contribution in [2.75, 3.05) is 12.4 Å². The maximum absolute atomic E-state index is 7.85. The fourth-order valence-corrected chi connectivity index (χ4v) is 19.6. The molecule has 58 heavy (non-hydrogen) atoms. The predicted molar refractivity (Wildman–Crippen MR) is 238 cm³/mol. The Balaban J connectivity index is 1.14. The van der Waals surface area contributed by atoms with E-state index in [9.17, 15) is 0 Å². The fourth-order valence-electron chi connectivity index (χ4n) is 12.9. The lowest BCUT2D eigenvalue weighted by molar-refractivity contribution is -0.335. The van der Waals surface area contributed by atoms with Gasteiger partial charge in [0.25, 0.3) is 0 Å². The van der Waals surface area contributed by atoms with Crippen LogP contribution in [0, 0.1) is 41.4 Å². The summed E-state index contributed by atoms with van der Waals surface area (Å²) in [5.41, 5.74) is 1.02. The van der Waals surface area contributed by atoms with Crippen molar-refractivity contribution in [1.29, 1.82) is 0 Å². The minimum atomic E-state index is -2.25. The molecule has 1 aromatic carbocycles. The Labute approximate surface area is 359 Å². The van der Waals surface area contributed by atoms with E-state index in [2.05, 4.69) is 127 Å². The third-order valence-electron chi connectivity index (χ3n) is 16.8. The molecule has 0 bridgehead atoms. The molecule has 0 radical (unpaired) electrons. The predicted octanol–water partition coefficient (Wildman–Crippen LogP) is 11.7. The van der Waals surface area contributed by atoms with Gasteiger partial charge in [-0.25, -0.2) is 0 Å². The van der Waals surface area contributed by atoms with Crippen molar-refractivity contribution in [3.8, 4) is 0 Å². The summed E-state index contributed by atoms with van der Waals surface area (Å²) in [6, 6.07) is 10.8. The number of hydrogen-bond donors (Lipinski definition) is 0. The Bertz CT molecular complexity index is 1470. The molecule has 6 fully saturated rings. The molecule has 18 atom stereocenters. The molecule has 330 valence electrons. The van der Waals surface area contributed by atoms with Gasteiger partial charge in [-0.15, -0.1) is 11.8 Å². The van der Waals surface area contributed by atoms with Crippen molar-refractivity contribution in [2.24, 2.45) is 41.4 Å². The van der Waals surface area contributed by atoms with Gasteiger partial charge in [-0.3, -0.25) is 0 Å². The molecule has 0 aliphatic carbocycles. The lowest BCUT2D eigenvalue weighted by Crippen LogP contribution is -2.65. The van der Waals surface area contributed by atoms with E-state index >= 15 is 0 Å². The SMILES string of the molecule is CC(C)[Si](O[C@H]1C[C@@H]2O[C@@H]3C[C@@H]4O[C@@H]5[C@@H](C)[C@H](C)[C@@]6(C[C@H](C)CO6)O[C@H]5[C@@H](C)[C@H](C)[C@H]4O[C@H]3C[C@@H](C)C[C@H]2O[C@@]1(C)[C@H](C)CCSc1ccccc1)(C(C)C)C(C)C. The summed E-state index contributed by atoms with van der Waals surface area (Å²) in [6.07, 6.45) is 5.41. The molecule has 0 aromatic heterocycles. The van der Waals surface area contributed by atoms with Crippen LogP contribution in [0.2, 0.25) is 16.6 Å². The zero-order valence-electron chi connectivity index (χ0n) is 38.8. The molecule has 0 N–H and O–H groups in total. The summed E-state index contributed by atoms with van der Waals surface area (Å²) in [7, 11) is -2.25. The summed E-state index contributed by atoms with van der Waals surface area (Å²) in [5.74, 6) is 2.91. The number of fused-ring (bicyclic) bond motifs is 4. The third kappa shape index (κ3) is 8.47. The molecule has 0 saturated carbocycles. The van der Waals surface area contributed by atoms with Gasteiger partial charge in [-0.05, 0) is 96.2 Å². The number of thioether (sulfide) groups is 1. The average molecular weight is 843 g/mol. The molecule has 7 rings (SSSR count). The van der Waals surface area contributed by atoms with E-state index in [1.165, 1.54) is 4.90 Å². The molecular formula is C49H82O7SSi. The number of hydrogen-bond acceptors (Lipinski definition) is 8. The van der Waals surface area contributed by atoms with Crippen LogP contribution in [0.4, 0.5) is 0 Å². The van der Waals surface area contributed by atoms with Gasteiger partial charge in [-0.1, -0.05) is 108 Å². The van der Waals surface area contributed by atoms with Gasteiger partial charge >= 0.3 is 0 Å². The van der Waals surface area contributed by atoms with Crippen LogP contribution in [-0.2, 0) is 32.8 Å². The van der Waals surface area contributed by atoms with Gasteiger partial charge in [0.15, 0.2) is 5.79 Å². The lowest BCUT2D eigenvalue weighted by atomic mass is 9.73. The van der Waals surface area contributed by atoms with Crippen molar-refractivity contribution < 1.29 is 32.8 Å². The minimum absolute atomic E-state index is 0.00433. The van der Waals surface area contributed by atoms with E-state index in [0.717, 1.165) is 50.9 Å². The highest BCUT2D eigenvalue weighted by molar-refractivity contribution is 7.99. The molecule has 0 unspecified atom stereocenters. The van der Waals surface area contributed by atoms with E-state index in [1.54, 1.807) is 0 Å². The monoisotopic (exact) mass is 843 g/mol. The van der Waals surface area contributed by atoms with Crippen molar-refractivity contribution in [3.63, 3.8) is 0 Å². The maximum Gasteiger partial charge on any atom is 0.200 e. The normalized spacial score (nSPS) is 45.2. The first-order valence-electron chi connectivity index (χ1n) is 23.7. The molecule has 6 aliphatic rings. The summed E-state index contributed by atoms with van der Waals surface area (Å²) >= 11 is 1.95. The summed E-state index contributed by atoms with van der Waals surface area (Å²) < 4.78 is 51.2. The molecule has 7 nitrogen and oxygen atoms in total. The Morgan fingerprint density at radius 2 is 1.28 bits per heavy atom. The van der Waals surface area contributed by atoms with Crippen LogP contribution in [0.15, 0.2) is 35.2 Å². The Morgan fingerprint density at radius 1 is 0.672 bits per heavy atom. The molecule has 6 heterocycles. The summed E-state index contributed by atoms with van der Waals surface area (Å²) in [4.78, 5) is 1.33. The zero-order valence-corrected chi connectivity index (χ0v) is 40.6. The van der Waals surface area contributed by atoms with E-state index in [4.69, 9.17) is 32.8 Å². The topological polar surface area (TPSA) is 64.6 Å². The molecular weight excluding hydrogens is 761 g/mol. The Morgan fingerprint density at radius 3 is 1.91 bits per heavy atom. The maximum atomic E-state index is 7.85. The number of ether oxygens (including phenoxy) is 6. The molecule has 1 aromatic rings. The summed E-state index contributed by atoms with van der Waals surface area (Å²) in [5, 5.41) is 0. The van der Waals surface area contributed by atoms with Gasteiger partial charge in [0.1, 0.15) is 0 Å². The zero-order chi connectivity index (χ0) is 41.9. The molecule has 0 amide bonds. The van der Waals surface area contributed by atoms with Gasteiger partial charge in [0.2, 0.25) is 8.32 Å². The smallest absolute Gasteiger partial charge is 0.200 e. The first-order valence-corrected chi connectivity index (χ1v) is 26.8. The molecule has 6 aliphatic heterocycles. The third-order valence-corrected chi connectivity index (χ3v) is 24.0. The summed E-state index contributed by atoms with van der Waals surface area (Å²) in [6.45, 7) is 34.1. The molecule has 1 spiro atoms. The number of rotatable bonds is 10. The van der Waals surface area contributed by atoms with E-state index in [-0.39, 0.29) is 72.7 Å². The van der Waals surface area contributed by atoms with Gasteiger partial charge < -0.3 is 32.8 Å². The van der Waals surface area contributed by atoms with Crippen LogP contribution < -0.4 is 0 Å². The van der Waals surface area contributed by atoms with Crippen LogP contribution in [0.5, 0.6) is 0 Å². The largest absolute Gasteiger partial charge is 0.410 e. The van der Waals surface area contributed by atoms with Crippen molar-refractivity contribution >= 4 is 20.1 Å². The Kier molecular flexibility index (Phi) is 14.1. The van der Waals surface area contributed by atoms with Crippen molar-refractivity contribution in [1.82, 2.24) is 0 Å². The van der Waals surface area contributed by atoms with E-state index in [1.807, 2.05) is 11.8 Å². The molecule has 6 saturated heterocycles. The first-order chi connectivity index (χ1) is 27.4. The highest BCUT2D eigenvalue weighted by Gasteiger charge is 2.61.